The van der Waals surface area contributed by atoms with Crippen LogP contribution in [0, 0.1) is 10.1 Å². The van der Waals surface area contributed by atoms with Crippen molar-refractivity contribution in [1.82, 2.24) is 5.32 Å². The predicted octanol–water partition coefficient (Wildman–Crippen LogP) is 1.28. The Labute approximate surface area is 117 Å². The third-order valence-electron chi connectivity index (χ3n) is 2.64. The summed E-state index contributed by atoms with van der Waals surface area (Å²) in [5, 5.41) is 25.4. The Morgan fingerprint density at radius 2 is 2.05 bits per heavy atom. The van der Waals surface area contributed by atoms with Gasteiger partial charge in [-0.2, -0.15) is 0 Å². The third-order valence-corrected chi connectivity index (χ3v) is 2.64. The van der Waals surface area contributed by atoms with E-state index in [1.807, 2.05) is 0 Å². The lowest BCUT2D eigenvalue weighted by atomic mass is 10.1. The van der Waals surface area contributed by atoms with Crippen LogP contribution in [0.5, 0.6) is 0 Å². The highest BCUT2D eigenvalue weighted by Gasteiger charge is 2.19. The van der Waals surface area contributed by atoms with E-state index in [2.05, 4.69) is 10.6 Å². The largest absolute Gasteiger partial charge is 0.394 e. The van der Waals surface area contributed by atoms with Crippen molar-refractivity contribution in [3.63, 3.8) is 0 Å². The zero-order valence-corrected chi connectivity index (χ0v) is 11.5. The van der Waals surface area contributed by atoms with Gasteiger partial charge in [-0.3, -0.25) is 14.9 Å². The summed E-state index contributed by atoms with van der Waals surface area (Å²) in [5.41, 5.74) is -0.314. The number of rotatable bonds is 7. The summed E-state index contributed by atoms with van der Waals surface area (Å²) in [7, 11) is 0. The molecule has 110 valence electrons. The lowest BCUT2D eigenvalue weighted by molar-refractivity contribution is -0.384. The highest BCUT2D eigenvalue weighted by molar-refractivity contribution is 5.77. The molecule has 0 fully saturated rings. The minimum Gasteiger partial charge on any atom is -0.394 e. The molecule has 1 amide bonds. The lowest BCUT2D eigenvalue weighted by Crippen LogP contribution is -2.46. The zero-order valence-electron chi connectivity index (χ0n) is 11.5. The van der Waals surface area contributed by atoms with E-state index in [-0.39, 0.29) is 31.2 Å². The lowest BCUT2D eigenvalue weighted by Gasteiger charge is -2.23. The van der Waals surface area contributed by atoms with Gasteiger partial charge in [0.25, 0.3) is 5.69 Å². The number of hydrogen-bond donors (Lipinski definition) is 3. The van der Waals surface area contributed by atoms with Gasteiger partial charge in [0.15, 0.2) is 0 Å². The number of aliphatic hydroxyl groups is 1. The van der Waals surface area contributed by atoms with E-state index in [4.69, 9.17) is 5.11 Å². The monoisotopic (exact) mass is 281 g/mol. The van der Waals surface area contributed by atoms with Crippen LogP contribution in [0.15, 0.2) is 24.3 Å². The van der Waals surface area contributed by atoms with Gasteiger partial charge in [0, 0.05) is 19.0 Å². The Morgan fingerprint density at radius 1 is 1.40 bits per heavy atom. The number of amides is 1. The van der Waals surface area contributed by atoms with Crippen LogP contribution in [-0.4, -0.2) is 34.6 Å². The van der Waals surface area contributed by atoms with E-state index in [0.29, 0.717) is 5.69 Å². The van der Waals surface area contributed by atoms with Crippen molar-refractivity contribution in [2.24, 2.45) is 0 Å². The molecule has 0 aliphatic heterocycles. The molecule has 0 bridgehead atoms. The summed E-state index contributed by atoms with van der Waals surface area (Å²) in [6.07, 6.45) is 0.162. The summed E-state index contributed by atoms with van der Waals surface area (Å²) in [5.74, 6) is -0.227. The summed E-state index contributed by atoms with van der Waals surface area (Å²) in [4.78, 5) is 22.0. The molecule has 0 saturated carbocycles. The van der Waals surface area contributed by atoms with Gasteiger partial charge < -0.3 is 15.7 Å². The molecule has 0 aliphatic carbocycles. The molecule has 1 aromatic rings. The second-order valence-corrected chi connectivity index (χ2v) is 5.04. The molecule has 0 saturated heterocycles. The van der Waals surface area contributed by atoms with Gasteiger partial charge in [0.05, 0.1) is 17.1 Å². The van der Waals surface area contributed by atoms with E-state index < -0.39 is 10.5 Å². The Kier molecular flexibility index (Phi) is 5.45. The zero-order chi connectivity index (χ0) is 15.2. The topological polar surface area (TPSA) is 104 Å². The normalized spacial score (nSPS) is 10.9. The molecular formula is C13H19N3O4. The Balaban J connectivity index is 2.49. The number of benzene rings is 1. The fraction of sp³-hybridized carbons (Fsp3) is 0.462. The number of aliphatic hydroxyl groups excluding tert-OH is 1. The van der Waals surface area contributed by atoms with E-state index in [1.54, 1.807) is 32.0 Å². The van der Waals surface area contributed by atoms with Crippen LogP contribution in [0.4, 0.5) is 11.4 Å². The maximum absolute atomic E-state index is 11.6. The molecule has 0 atom stereocenters. The number of carbonyl (C=O) groups is 1. The standard InChI is InChI=1S/C13H19N3O4/c1-13(2,9-17)15-12(18)7-8-14-10-5-3-4-6-11(10)16(19)20/h3-6,14,17H,7-9H2,1-2H3,(H,15,18). The average molecular weight is 281 g/mol. The molecule has 3 N–H and O–H groups in total. The fourth-order valence-corrected chi connectivity index (χ4v) is 1.57. The van der Waals surface area contributed by atoms with Crippen LogP contribution in [0.25, 0.3) is 0 Å². The summed E-state index contributed by atoms with van der Waals surface area (Å²) in [6.45, 7) is 3.54. The van der Waals surface area contributed by atoms with Gasteiger partial charge in [-0.15, -0.1) is 0 Å². The van der Waals surface area contributed by atoms with Crippen LogP contribution in [0.2, 0.25) is 0 Å². The van der Waals surface area contributed by atoms with Gasteiger partial charge in [-0.25, -0.2) is 0 Å². The molecule has 1 rings (SSSR count). The first kappa shape index (κ1) is 15.9. The molecule has 7 heteroatoms. The van der Waals surface area contributed by atoms with Crippen molar-refractivity contribution < 1.29 is 14.8 Å². The van der Waals surface area contributed by atoms with Crippen molar-refractivity contribution in [1.29, 1.82) is 0 Å². The molecule has 0 radical (unpaired) electrons. The maximum Gasteiger partial charge on any atom is 0.292 e. The number of hydrogen-bond acceptors (Lipinski definition) is 5. The van der Waals surface area contributed by atoms with Crippen LogP contribution in [-0.2, 0) is 4.79 Å². The maximum atomic E-state index is 11.6. The Hall–Kier alpha value is -2.15. The van der Waals surface area contributed by atoms with Gasteiger partial charge in [0.1, 0.15) is 5.69 Å². The highest BCUT2D eigenvalue weighted by Crippen LogP contribution is 2.22. The number of nitrogens with one attached hydrogen (secondary N) is 2. The Bertz CT molecular complexity index is 488. The van der Waals surface area contributed by atoms with Crippen molar-refractivity contribution >= 4 is 17.3 Å². The van der Waals surface area contributed by atoms with Crippen LogP contribution in [0.1, 0.15) is 20.3 Å². The Morgan fingerprint density at radius 3 is 2.65 bits per heavy atom. The van der Waals surface area contributed by atoms with Gasteiger partial charge in [-0.1, -0.05) is 12.1 Å². The number of anilines is 1. The summed E-state index contributed by atoms with van der Waals surface area (Å²) < 4.78 is 0. The second kappa shape index (κ2) is 6.85. The van der Waals surface area contributed by atoms with Crippen LogP contribution >= 0.6 is 0 Å². The molecule has 0 aromatic heterocycles. The first-order valence-electron chi connectivity index (χ1n) is 6.25. The predicted molar refractivity (Wildman–Crippen MR) is 75.5 cm³/mol. The molecule has 0 heterocycles. The molecular weight excluding hydrogens is 262 g/mol. The van der Waals surface area contributed by atoms with Crippen molar-refractivity contribution in [3.05, 3.63) is 34.4 Å². The minimum atomic E-state index is -0.671. The van der Waals surface area contributed by atoms with Crippen LogP contribution < -0.4 is 10.6 Å². The summed E-state index contributed by atoms with van der Waals surface area (Å²) >= 11 is 0. The number of nitro groups is 1. The van der Waals surface area contributed by atoms with Crippen LogP contribution in [0.3, 0.4) is 0 Å². The molecule has 7 nitrogen and oxygen atoms in total. The van der Waals surface area contributed by atoms with Crippen molar-refractivity contribution in [3.8, 4) is 0 Å². The number of para-hydroxylation sites is 2. The van der Waals surface area contributed by atoms with Gasteiger partial charge in [0.2, 0.25) is 5.91 Å². The average Bonchev–Trinajstić information content (AvgIpc) is 2.38. The van der Waals surface area contributed by atoms with Crippen molar-refractivity contribution in [2.45, 2.75) is 25.8 Å². The first-order valence-corrected chi connectivity index (χ1v) is 6.25. The minimum absolute atomic E-state index is 0.0244. The molecule has 0 spiro atoms. The molecule has 20 heavy (non-hydrogen) atoms. The van der Waals surface area contributed by atoms with E-state index in [9.17, 15) is 14.9 Å². The fourth-order valence-electron chi connectivity index (χ4n) is 1.57. The summed E-state index contributed by atoms with van der Waals surface area (Å²) in [6, 6.07) is 6.26. The number of carbonyl (C=O) groups excluding carboxylic acids is 1. The van der Waals surface area contributed by atoms with E-state index >= 15 is 0 Å². The van der Waals surface area contributed by atoms with Gasteiger partial charge >= 0.3 is 0 Å². The third kappa shape index (κ3) is 4.85. The second-order valence-electron chi connectivity index (χ2n) is 5.04. The molecule has 1 aromatic carbocycles. The number of nitro benzene ring substituents is 1. The number of nitrogens with zero attached hydrogens (tertiary/aromatic N) is 1. The SMILES string of the molecule is CC(C)(CO)NC(=O)CCNc1ccccc1[N+](=O)[O-]. The van der Waals surface area contributed by atoms with E-state index in [0.717, 1.165) is 0 Å². The smallest absolute Gasteiger partial charge is 0.292 e. The molecule has 0 unspecified atom stereocenters. The highest BCUT2D eigenvalue weighted by atomic mass is 16.6. The van der Waals surface area contributed by atoms with E-state index in [1.165, 1.54) is 6.07 Å². The molecule has 0 aliphatic rings. The first-order chi connectivity index (χ1) is 9.35. The quantitative estimate of drug-likeness (QED) is 0.516. The van der Waals surface area contributed by atoms with Gasteiger partial charge in [-0.05, 0) is 19.9 Å². The van der Waals surface area contributed by atoms with Crippen molar-refractivity contribution in [2.75, 3.05) is 18.5 Å².